The van der Waals surface area contributed by atoms with Crippen LogP contribution in [0.3, 0.4) is 0 Å². The minimum Gasteiger partial charge on any atom is -0.341 e. The first kappa shape index (κ1) is 16.7. The fourth-order valence-electron chi connectivity index (χ4n) is 3.00. The number of nitrogens with zero attached hydrogens (tertiary/aromatic N) is 4. The Labute approximate surface area is 133 Å². The van der Waals surface area contributed by atoms with E-state index in [4.69, 9.17) is 0 Å². The molecule has 1 amide bonds. The van der Waals surface area contributed by atoms with Crippen molar-refractivity contribution in [2.45, 2.75) is 53.5 Å². The van der Waals surface area contributed by atoms with Crippen LogP contribution in [0.1, 0.15) is 45.0 Å². The Morgan fingerprint density at radius 2 is 1.86 bits per heavy atom. The van der Waals surface area contributed by atoms with Gasteiger partial charge in [0.25, 0.3) is 0 Å². The van der Waals surface area contributed by atoms with E-state index in [1.54, 1.807) is 0 Å². The number of aryl methyl sites for hydroxylation is 2. The van der Waals surface area contributed by atoms with Crippen molar-refractivity contribution < 1.29 is 4.79 Å². The van der Waals surface area contributed by atoms with E-state index >= 15 is 0 Å². The summed E-state index contributed by atoms with van der Waals surface area (Å²) in [6.07, 6.45) is 2.10. The predicted octanol–water partition coefficient (Wildman–Crippen LogP) is 2.57. The fraction of sp³-hybridized carbons (Fsp3) is 0.706. The Balaban J connectivity index is 2.13. The molecule has 1 unspecified atom stereocenters. The molecule has 22 heavy (non-hydrogen) atoms. The third-order valence-corrected chi connectivity index (χ3v) is 4.16. The Morgan fingerprint density at radius 3 is 2.41 bits per heavy atom. The number of rotatable bonds is 2. The van der Waals surface area contributed by atoms with Gasteiger partial charge in [-0.1, -0.05) is 20.8 Å². The Hall–Kier alpha value is -1.65. The monoisotopic (exact) mass is 304 g/mol. The lowest BCUT2D eigenvalue weighted by molar-refractivity contribution is -0.140. The third kappa shape index (κ3) is 3.76. The third-order valence-electron chi connectivity index (χ3n) is 4.16. The zero-order chi connectivity index (χ0) is 16.5. The van der Waals surface area contributed by atoms with Gasteiger partial charge in [-0.2, -0.15) is 0 Å². The zero-order valence-electron chi connectivity index (χ0n) is 14.7. The zero-order valence-corrected chi connectivity index (χ0v) is 14.7. The van der Waals surface area contributed by atoms with E-state index in [-0.39, 0.29) is 17.4 Å². The van der Waals surface area contributed by atoms with Gasteiger partial charge in [-0.15, -0.1) is 0 Å². The molecule has 1 aliphatic rings. The number of hydrogen-bond donors (Lipinski definition) is 0. The highest BCUT2D eigenvalue weighted by atomic mass is 16.2. The molecule has 2 rings (SSSR count). The van der Waals surface area contributed by atoms with Crippen LogP contribution in [0, 0.1) is 19.3 Å². The number of aromatic nitrogens is 2. The first-order valence-corrected chi connectivity index (χ1v) is 8.03. The van der Waals surface area contributed by atoms with Crippen molar-refractivity contribution in [1.82, 2.24) is 14.9 Å². The number of piperidine rings is 1. The van der Waals surface area contributed by atoms with Gasteiger partial charge in [0, 0.05) is 43.0 Å². The van der Waals surface area contributed by atoms with Crippen LogP contribution in [0.15, 0.2) is 6.07 Å². The molecule has 0 aliphatic carbocycles. The topological polar surface area (TPSA) is 49.3 Å². The quantitative estimate of drug-likeness (QED) is 0.842. The van der Waals surface area contributed by atoms with Crippen molar-refractivity contribution in [3.05, 3.63) is 17.5 Å². The van der Waals surface area contributed by atoms with Crippen LogP contribution >= 0.6 is 0 Å². The van der Waals surface area contributed by atoms with Crippen LogP contribution in [0.5, 0.6) is 0 Å². The lowest BCUT2D eigenvalue weighted by Crippen LogP contribution is -2.51. The van der Waals surface area contributed by atoms with E-state index in [0.717, 1.165) is 43.3 Å². The molecule has 122 valence electrons. The molecule has 0 aromatic carbocycles. The van der Waals surface area contributed by atoms with E-state index < -0.39 is 0 Å². The molecule has 1 fully saturated rings. The lowest BCUT2D eigenvalue weighted by Gasteiger charge is -2.39. The van der Waals surface area contributed by atoms with Gasteiger partial charge >= 0.3 is 0 Å². The van der Waals surface area contributed by atoms with Crippen LogP contribution in [0.25, 0.3) is 0 Å². The fourth-order valence-corrected chi connectivity index (χ4v) is 3.00. The average molecular weight is 304 g/mol. The molecule has 0 radical (unpaired) electrons. The highest BCUT2D eigenvalue weighted by Crippen LogP contribution is 2.24. The average Bonchev–Trinajstić information content (AvgIpc) is 2.44. The Kier molecular flexibility index (Phi) is 4.73. The number of carbonyl (C=O) groups is 1. The summed E-state index contributed by atoms with van der Waals surface area (Å²) < 4.78 is 0. The second kappa shape index (κ2) is 6.23. The lowest BCUT2D eigenvalue weighted by atomic mass is 9.93. The van der Waals surface area contributed by atoms with Gasteiger partial charge in [0.05, 0.1) is 0 Å². The van der Waals surface area contributed by atoms with Gasteiger partial charge < -0.3 is 9.80 Å². The standard InChI is InChI=1S/C17H28N4O/c1-12-10-13(2)19-16(18-12)21-9-7-8-14(11-21)20(6)15(22)17(3,4)5/h10,14H,7-9,11H2,1-6H3. The molecule has 2 heterocycles. The summed E-state index contributed by atoms with van der Waals surface area (Å²) in [5.41, 5.74) is 1.64. The molecule has 0 N–H and O–H groups in total. The van der Waals surface area contributed by atoms with Crippen LogP contribution in [-0.4, -0.2) is 47.0 Å². The Morgan fingerprint density at radius 1 is 1.27 bits per heavy atom. The molecule has 1 saturated heterocycles. The van der Waals surface area contributed by atoms with Crippen LogP contribution in [0.4, 0.5) is 5.95 Å². The molecular weight excluding hydrogens is 276 g/mol. The molecule has 5 nitrogen and oxygen atoms in total. The molecule has 1 aromatic rings. The summed E-state index contributed by atoms with van der Waals surface area (Å²) in [7, 11) is 1.92. The summed E-state index contributed by atoms with van der Waals surface area (Å²) in [6.45, 7) is 11.7. The van der Waals surface area contributed by atoms with Crippen molar-refractivity contribution in [2.24, 2.45) is 5.41 Å². The maximum absolute atomic E-state index is 12.5. The van der Waals surface area contributed by atoms with Crippen molar-refractivity contribution in [2.75, 3.05) is 25.0 Å². The smallest absolute Gasteiger partial charge is 0.227 e. The normalized spacial score (nSPS) is 19.2. The van der Waals surface area contributed by atoms with Gasteiger partial charge in [-0.3, -0.25) is 4.79 Å². The van der Waals surface area contributed by atoms with E-state index in [2.05, 4.69) is 14.9 Å². The van der Waals surface area contributed by atoms with Crippen molar-refractivity contribution in [3.8, 4) is 0 Å². The summed E-state index contributed by atoms with van der Waals surface area (Å²) >= 11 is 0. The summed E-state index contributed by atoms with van der Waals surface area (Å²) in [4.78, 5) is 25.7. The molecule has 0 spiro atoms. The van der Waals surface area contributed by atoms with E-state index in [0.29, 0.717) is 0 Å². The van der Waals surface area contributed by atoms with Gasteiger partial charge in [-0.05, 0) is 32.8 Å². The highest BCUT2D eigenvalue weighted by molar-refractivity contribution is 5.81. The molecule has 1 atom stereocenters. The van der Waals surface area contributed by atoms with E-state index in [1.165, 1.54) is 0 Å². The number of likely N-dealkylation sites (N-methyl/N-ethyl adjacent to an activating group) is 1. The molecule has 0 bridgehead atoms. The van der Waals surface area contributed by atoms with Gasteiger partial charge in [-0.25, -0.2) is 9.97 Å². The van der Waals surface area contributed by atoms with E-state index in [9.17, 15) is 4.79 Å². The summed E-state index contributed by atoms with van der Waals surface area (Å²) in [6, 6.07) is 2.21. The van der Waals surface area contributed by atoms with Crippen LogP contribution < -0.4 is 4.90 Å². The first-order chi connectivity index (χ1) is 10.2. The first-order valence-electron chi connectivity index (χ1n) is 8.03. The molecule has 1 aromatic heterocycles. The number of anilines is 1. The largest absolute Gasteiger partial charge is 0.341 e. The van der Waals surface area contributed by atoms with Crippen molar-refractivity contribution >= 4 is 11.9 Å². The van der Waals surface area contributed by atoms with Crippen LogP contribution in [0.2, 0.25) is 0 Å². The number of hydrogen-bond acceptors (Lipinski definition) is 4. The van der Waals surface area contributed by atoms with Crippen molar-refractivity contribution in [3.63, 3.8) is 0 Å². The molecule has 0 saturated carbocycles. The summed E-state index contributed by atoms with van der Waals surface area (Å²) in [5.74, 6) is 0.986. The van der Waals surface area contributed by atoms with Gasteiger partial charge in [0.15, 0.2) is 0 Å². The van der Waals surface area contributed by atoms with E-state index in [1.807, 2.05) is 52.6 Å². The minimum atomic E-state index is -0.340. The number of amides is 1. The molecule has 1 aliphatic heterocycles. The maximum Gasteiger partial charge on any atom is 0.227 e. The maximum atomic E-state index is 12.5. The summed E-state index contributed by atoms with van der Waals surface area (Å²) in [5, 5.41) is 0. The predicted molar refractivity (Wildman–Crippen MR) is 89.0 cm³/mol. The van der Waals surface area contributed by atoms with Crippen molar-refractivity contribution in [1.29, 1.82) is 0 Å². The minimum absolute atomic E-state index is 0.195. The van der Waals surface area contributed by atoms with Gasteiger partial charge in [0.1, 0.15) is 0 Å². The molecular formula is C17H28N4O. The Bertz CT molecular complexity index is 530. The molecule has 5 heteroatoms. The number of carbonyl (C=O) groups excluding carboxylic acids is 1. The second-order valence-electron chi connectivity index (χ2n) is 7.36. The van der Waals surface area contributed by atoms with Crippen LogP contribution in [-0.2, 0) is 4.79 Å². The highest BCUT2D eigenvalue weighted by Gasteiger charge is 2.32. The second-order valence-corrected chi connectivity index (χ2v) is 7.36. The SMILES string of the molecule is Cc1cc(C)nc(N2CCCC(N(C)C(=O)C(C)(C)C)C2)n1. The van der Waals surface area contributed by atoms with Gasteiger partial charge in [0.2, 0.25) is 11.9 Å².